The van der Waals surface area contributed by atoms with E-state index in [4.69, 9.17) is 4.42 Å². The molecular formula is C19H17F2N3O2. The Hall–Kier alpha value is -2.80. The first-order valence-electron chi connectivity index (χ1n) is 8.41. The molecule has 1 aromatic heterocycles. The van der Waals surface area contributed by atoms with E-state index in [1.54, 1.807) is 6.07 Å². The highest BCUT2D eigenvalue weighted by atomic mass is 19.1. The number of nitrogens with zero attached hydrogens (tertiary/aromatic N) is 3. The summed E-state index contributed by atoms with van der Waals surface area (Å²) in [4.78, 5) is 14.2. The molecule has 1 aliphatic carbocycles. The van der Waals surface area contributed by atoms with Crippen LogP contribution < -0.4 is 5.76 Å². The van der Waals surface area contributed by atoms with Crippen molar-refractivity contribution in [2.75, 3.05) is 0 Å². The van der Waals surface area contributed by atoms with Gasteiger partial charge in [0, 0.05) is 18.2 Å². The van der Waals surface area contributed by atoms with E-state index >= 15 is 0 Å². The van der Waals surface area contributed by atoms with Gasteiger partial charge in [-0.05, 0) is 54.8 Å². The fourth-order valence-corrected chi connectivity index (χ4v) is 2.88. The van der Waals surface area contributed by atoms with E-state index in [1.165, 1.54) is 41.1 Å². The van der Waals surface area contributed by atoms with Gasteiger partial charge in [-0.1, -0.05) is 12.1 Å². The van der Waals surface area contributed by atoms with Gasteiger partial charge < -0.3 is 4.42 Å². The number of aromatic nitrogens is 2. The molecule has 3 aromatic rings. The lowest BCUT2D eigenvalue weighted by atomic mass is 10.2. The first-order valence-corrected chi connectivity index (χ1v) is 8.41. The predicted octanol–water partition coefficient (Wildman–Crippen LogP) is 3.40. The van der Waals surface area contributed by atoms with Gasteiger partial charge in [0.05, 0.1) is 0 Å². The molecule has 0 spiro atoms. The summed E-state index contributed by atoms with van der Waals surface area (Å²) in [6.45, 7) is 0.776. The van der Waals surface area contributed by atoms with Crippen LogP contribution in [0, 0.1) is 11.6 Å². The molecule has 0 bridgehead atoms. The summed E-state index contributed by atoms with van der Waals surface area (Å²) in [7, 11) is 0. The van der Waals surface area contributed by atoms with Crippen LogP contribution in [0.1, 0.15) is 18.4 Å². The van der Waals surface area contributed by atoms with Gasteiger partial charge in [0.25, 0.3) is 0 Å². The monoisotopic (exact) mass is 357 g/mol. The van der Waals surface area contributed by atoms with E-state index in [2.05, 4.69) is 10.00 Å². The Labute approximate surface area is 148 Å². The summed E-state index contributed by atoms with van der Waals surface area (Å²) in [5, 5.41) is 4.22. The summed E-state index contributed by atoms with van der Waals surface area (Å²) >= 11 is 0. The molecular weight excluding hydrogens is 340 g/mol. The molecule has 1 fully saturated rings. The lowest BCUT2D eigenvalue weighted by molar-refractivity contribution is 0.181. The Kier molecular flexibility index (Phi) is 4.38. The highest BCUT2D eigenvalue weighted by molar-refractivity contribution is 5.51. The van der Waals surface area contributed by atoms with Gasteiger partial charge in [0.15, 0.2) is 0 Å². The van der Waals surface area contributed by atoms with Crippen LogP contribution in [-0.2, 0) is 13.2 Å². The number of halogens is 2. The molecule has 0 aliphatic heterocycles. The van der Waals surface area contributed by atoms with Gasteiger partial charge in [0.1, 0.15) is 18.3 Å². The summed E-state index contributed by atoms with van der Waals surface area (Å²) < 4.78 is 32.9. The van der Waals surface area contributed by atoms with Crippen molar-refractivity contribution in [1.82, 2.24) is 14.7 Å². The molecule has 1 heterocycles. The molecule has 4 rings (SSSR count). The van der Waals surface area contributed by atoms with Crippen LogP contribution in [0.4, 0.5) is 8.78 Å². The number of rotatable bonds is 6. The second kappa shape index (κ2) is 6.84. The largest absolute Gasteiger partial charge is 0.438 e. The van der Waals surface area contributed by atoms with Crippen molar-refractivity contribution >= 4 is 0 Å². The maximum Gasteiger partial charge on any atom is 0.438 e. The Morgan fingerprint density at radius 2 is 1.88 bits per heavy atom. The van der Waals surface area contributed by atoms with E-state index < -0.39 is 5.76 Å². The fourth-order valence-electron chi connectivity index (χ4n) is 2.88. The Morgan fingerprint density at radius 1 is 1.12 bits per heavy atom. The third-order valence-electron chi connectivity index (χ3n) is 4.35. The van der Waals surface area contributed by atoms with Gasteiger partial charge in [-0.3, -0.25) is 4.90 Å². The Bertz CT molecular complexity index is 961. The zero-order chi connectivity index (χ0) is 18.1. The minimum Gasteiger partial charge on any atom is -0.388 e. The van der Waals surface area contributed by atoms with Crippen molar-refractivity contribution < 1.29 is 13.2 Å². The van der Waals surface area contributed by atoms with Crippen molar-refractivity contribution in [3.05, 3.63) is 76.3 Å². The molecule has 5 nitrogen and oxygen atoms in total. The zero-order valence-electron chi connectivity index (χ0n) is 13.9. The van der Waals surface area contributed by atoms with Gasteiger partial charge >= 0.3 is 5.76 Å². The second-order valence-corrected chi connectivity index (χ2v) is 6.43. The van der Waals surface area contributed by atoms with Crippen molar-refractivity contribution in [2.45, 2.75) is 32.1 Å². The van der Waals surface area contributed by atoms with Crippen LogP contribution in [0.15, 0.2) is 57.7 Å². The number of hydrogen-bond acceptors (Lipinski definition) is 4. The Balaban J connectivity index is 1.54. The molecule has 26 heavy (non-hydrogen) atoms. The summed E-state index contributed by atoms with van der Waals surface area (Å²) in [5.74, 6) is -1.08. The SMILES string of the molecule is O=c1oc(-c2ccc(F)cc2)nn1CN(Cc1cccc(F)c1)C1CC1. The van der Waals surface area contributed by atoms with Crippen molar-refractivity contribution in [1.29, 1.82) is 0 Å². The molecule has 2 aromatic carbocycles. The third kappa shape index (κ3) is 3.72. The van der Waals surface area contributed by atoms with Crippen LogP contribution >= 0.6 is 0 Å². The highest BCUT2D eigenvalue weighted by Crippen LogP contribution is 2.29. The molecule has 0 N–H and O–H groups in total. The van der Waals surface area contributed by atoms with Gasteiger partial charge in [-0.25, -0.2) is 13.6 Å². The zero-order valence-corrected chi connectivity index (χ0v) is 13.9. The lowest BCUT2D eigenvalue weighted by Crippen LogP contribution is -2.32. The third-order valence-corrected chi connectivity index (χ3v) is 4.35. The number of benzene rings is 2. The lowest BCUT2D eigenvalue weighted by Gasteiger charge is -2.21. The fraction of sp³-hybridized carbons (Fsp3) is 0.263. The molecule has 1 aliphatic rings. The predicted molar refractivity (Wildman–Crippen MR) is 91.1 cm³/mol. The van der Waals surface area contributed by atoms with E-state index in [0.717, 1.165) is 18.4 Å². The summed E-state index contributed by atoms with van der Waals surface area (Å²) in [6.07, 6.45) is 2.07. The van der Waals surface area contributed by atoms with E-state index in [1.807, 2.05) is 6.07 Å². The van der Waals surface area contributed by atoms with Crippen LogP contribution in [0.2, 0.25) is 0 Å². The van der Waals surface area contributed by atoms with Gasteiger partial charge in [0.2, 0.25) is 5.89 Å². The molecule has 7 heteroatoms. The normalized spacial score (nSPS) is 14.1. The minimum absolute atomic E-state index is 0.150. The first-order chi connectivity index (χ1) is 12.6. The van der Waals surface area contributed by atoms with Gasteiger partial charge in [-0.15, -0.1) is 5.10 Å². The molecule has 134 valence electrons. The van der Waals surface area contributed by atoms with Crippen molar-refractivity contribution in [2.24, 2.45) is 0 Å². The summed E-state index contributed by atoms with van der Waals surface area (Å²) in [5.41, 5.74) is 1.37. The molecule has 0 saturated heterocycles. The molecule has 0 unspecified atom stereocenters. The average Bonchev–Trinajstić information content (AvgIpc) is 3.40. The molecule has 1 saturated carbocycles. The molecule has 0 radical (unpaired) electrons. The smallest absolute Gasteiger partial charge is 0.388 e. The number of hydrogen-bond donors (Lipinski definition) is 0. The van der Waals surface area contributed by atoms with Gasteiger partial charge in [-0.2, -0.15) is 4.68 Å². The van der Waals surface area contributed by atoms with E-state index in [-0.39, 0.29) is 24.2 Å². The molecule has 0 amide bonds. The maximum atomic E-state index is 13.4. The first kappa shape index (κ1) is 16.7. The minimum atomic E-state index is -0.575. The van der Waals surface area contributed by atoms with Crippen LogP contribution in [-0.4, -0.2) is 20.7 Å². The van der Waals surface area contributed by atoms with Crippen LogP contribution in [0.3, 0.4) is 0 Å². The summed E-state index contributed by atoms with van der Waals surface area (Å²) in [6, 6.07) is 12.4. The van der Waals surface area contributed by atoms with E-state index in [9.17, 15) is 13.6 Å². The standard InChI is InChI=1S/C19H17F2N3O2/c20-15-6-4-14(5-7-15)18-22-24(19(25)26-18)12-23(17-8-9-17)11-13-2-1-3-16(21)10-13/h1-7,10,17H,8-9,11-12H2. The Morgan fingerprint density at radius 3 is 2.58 bits per heavy atom. The average molecular weight is 357 g/mol. The maximum absolute atomic E-state index is 13.4. The van der Waals surface area contributed by atoms with Crippen molar-refractivity contribution in [3.8, 4) is 11.5 Å². The van der Waals surface area contributed by atoms with Crippen LogP contribution in [0.25, 0.3) is 11.5 Å². The van der Waals surface area contributed by atoms with E-state index in [0.29, 0.717) is 18.2 Å². The van der Waals surface area contributed by atoms with Crippen LogP contribution in [0.5, 0.6) is 0 Å². The topological polar surface area (TPSA) is 51.3 Å². The van der Waals surface area contributed by atoms with Crippen molar-refractivity contribution in [3.63, 3.8) is 0 Å². The highest BCUT2D eigenvalue weighted by Gasteiger charge is 2.30. The second-order valence-electron chi connectivity index (χ2n) is 6.43. The quantitative estimate of drug-likeness (QED) is 0.678. The molecule has 0 atom stereocenters.